The molecule has 3 heteroatoms. The van der Waals surface area contributed by atoms with E-state index < -0.39 is 0 Å². The third-order valence-corrected chi connectivity index (χ3v) is 4.28. The van der Waals surface area contributed by atoms with Crippen LogP contribution < -0.4 is 11.3 Å². The molecule has 1 atom stereocenters. The minimum absolute atomic E-state index is 0.329. The molecule has 3 nitrogen and oxygen atoms in total. The molecule has 0 bridgehead atoms. The Labute approximate surface area is 127 Å². The quantitative estimate of drug-likeness (QED) is 0.572. The van der Waals surface area contributed by atoms with Crippen LogP contribution in [0, 0.1) is 5.92 Å². The SMILES string of the molecule is CCCC(CCC)C(Cc1ccnc2ccccc12)NN. The molecule has 0 radical (unpaired) electrons. The van der Waals surface area contributed by atoms with E-state index in [1.165, 1.54) is 36.6 Å². The van der Waals surface area contributed by atoms with E-state index in [9.17, 15) is 0 Å². The number of nitrogens with zero attached hydrogens (tertiary/aromatic N) is 1. The van der Waals surface area contributed by atoms with Crippen molar-refractivity contribution in [3.8, 4) is 0 Å². The number of hydrogen-bond donors (Lipinski definition) is 2. The highest BCUT2D eigenvalue weighted by molar-refractivity contribution is 5.81. The van der Waals surface area contributed by atoms with Crippen molar-refractivity contribution in [2.45, 2.75) is 52.0 Å². The Kier molecular flexibility index (Phi) is 6.15. The van der Waals surface area contributed by atoms with Crippen LogP contribution >= 0.6 is 0 Å². The van der Waals surface area contributed by atoms with E-state index in [1.54, 1.807) is 0 Å². The van der Waals surface area contributed by atoms with Gasteiger partial charge in [0.15, 0.2) is 0 Å². The molecule has 2 aromatic rings. The highest BCUT2D eigenvalue weighted by Crippen LogP contribution is 2.23. The van der Waals surface area contributed by atoms with Crippen LogP contribution in [0.3, 0.4) is 0 Å². The van der Waals surface area contributed by atoms with E-state index in [0.29, 0.717) is 12.0 Å². The van der Waals surface area contributed by atoms with E-state index in [0.717, 1.165) is 11.9 Å². The molecule has 0 aliphatic heterocycles. The predicted octanol–water partition coefficient (Wildman–Crippen LogP) is 3.83. The van der Waals surface area contributed by atoms with Crippen LogP contribution in [0.4, 0.5) is 0 Å². The maximum atomic E-state index is 5.86. The second-order valence-electron chi connectivity index (χ2n) is 5.80. The van der Waals surface area contributed by atoms with Gasteiger partial charge in [0.05, 0.1) is 5.52 Å². The lowest BCUT2D eigenvalue weighted by molar-refractivity contribution is 0.312. The first kappa shape index (κ1) is 15.9. The number of aromatic nitrogens is 1. The molecule has 0 fully saturated rings. The van der Waals surface area contributed by atoms with Crippen LogP contribution in [-0.4, -0.2) is 11.0 Å². The number of fused-ring (bicyclic) bond motifs is 1. The standard InChI is InChI=1S/C18H27N3/c1-3-7-14(8-4-2)18(21-19)13-15-11-12-20-17-10-6-5-9-16(15)17/h5-6,9-12,14,18,21H,3-4,7-8,13,19H2,1-2H3. The molecule has 0 aliphatic rings. The molecule has 0 amide bonds. The molecule has 0 saturated heterocycles. The average Bonchev–Trinajstić information content (AvgIpc) is 2.52. The summed E-state index contributed by atoms with van der Waals surface area (Å²) in [6.07, 6.45) is 7.74. The van der Waals surface area contributed by atoms with Gasteiger partial charge < -0.3 is 0 Å². The Morgan fingerprint density at radius 1 is 1.10 bits per heavy atom. The van der Waals surface area contributed by atoms with Crippen LogP contribution in [0.5, 0.6) is 0 Å². The highest BCUT2D eigenvalue weighted by atomic mass is 15.2. The summed E-state index contributed by atoms with van der Waals surface area (Å²) in [6, 6.07) is 10.8. The van der Waals surface area contributed by atoms with Gasteiger partial charge in [-0.15, -0.1) is 0 Å². The van der Waals surface area contributed by atoms with Crippen molar-refractivity contribution in [2.75, 3.05) is 0 Å². The van der Waals surface area contributed by atoms with Gasteiger partial charge in [-0.2, -0.15) is 0 Å². The molecule has 21 heavy (non-hydrogen) atoms. The van der Waals surface area contributed by atoms with E-state index in [4.69, 9.17) is 5.84 Å². The van der Waals surface area contributed by atoms with Crippen molar-refractivity contribution in [1.82, 2.24) is 10.4 Å². The summed E-state index contributed by atoms with van der Waals surface area (Å²) in [5, 5.41) is 1.24. The Hall–Kier alpha value is -1.45. The van der Waals surface area contributed by atoms with Gasteiger partial charge in [0.1, 0.15) is 0 Å². The van der Waals surface area contributed by atoms with E-state index in [1.807, 2.05) is 12.3 Å². The lowest BCUT2D eigenvalue weighted by Gasteiger charge is -2.26. The second-order valence-corrected chi connectivity index (χ2v) is 5.80. The largest absolute Gasteiger partial charge is 0.271 e. The second kappa shape index (κ2) is 8.11. The van der Waals surface area contributed by atoms with Crippen LogP contribution in [0.2, 0.25) is 0 Å². The Morgan fingerprint density at radius 3 is 2.48 bits per heavy atom. The van der Waals surface area contributed by atoms with Crippen LogP contribution in [-0.2, 0) is 6.42 Å². The van der Waals surface area contributed by atoms with Gasteiger partial charge in [0, 0.05) is 17.6 Å². The van der Waals surface area contributed by atoms with Crippen molar-refractivity contribution in [1.29, 1.82) is 0 Å². The first-order chi connectivity index (χ1) is 10.3. The van der Waals surface area contributed by atoms with Crippen LogP contribution in [0.15, 0.2) is 36.5 Å². The molecule has 0 saturated carbocycles. The molecule has 1 aromatic heterocycles. The number of nitrogens with two attached hydrogens (primary N) is 1. The predicted molar refractivity (Wildman–Crippen MR) is 89.9 cm³/mol. The Morgan fingerprint density at radius 2 is 1.81 bits per heavy atom. The minimum atomic E-state index is 0.329. The highest BCUT2D eigenvalue weighted by Gasteiger charge is 2.20. The molecule has 0 spiro atoms. The molecule has 0 aliphatic carbocycles. The first-order valence-electron chi connectivity index (χ1n) is 8.08. The van der Waals surface area contributed by atoms with Crippen molar-refractivity contribution in [3.63, 3.8) is 0 Å². The summed E-state index contributed by atoms with van der Waals surface area (Å²) < 4.78 is 0. The molecule has 1 heterocycles. The lowest BCUT2D eigenvalue weighted by atomic mass is 9.86. The molecule has 1 unspecified atom stereocenters. The Bertz CT molecular complexity index is 542. The van der Waals surface area contributed by atoms with E-state index >= 15 is 0 Å². The van der Waals surface area contributed by atoms with Gasteiger partial charge in [-0.25, -0.2) is 0 Å². The number of pyridine rings is 1. The number of benzene rings is 1. The van der Waals surface area contributed by atoms with Gasteiger partial charge in [0.25, 0.3) is 0 Å². The third kappa shape index (κ3) is 4.02. The molecule has 1 aromatic carbocycles. The number of nitrogens with one attached hydrogen (secondary N) is 1. The average molecular weight is 285 g/mol. The molecule has 114 valence electrons. The number of rotatable bonds is 8. The number of para-hydroxylation sites is 1. The van der Waals surface area contributed by atoms with Gasteiger partial charge in [-0.05, 0) is 42.9 Å². The Balaban J connectivity index is 2.23. The van der Waals surface area contributed by atoms with Gasteiger partial charge in [-0.3, -0.25) is 16.3 Å². The van der Waals surface area contributed by atoms with Crippen molar-refractivity contribution < 1.29 is 0 Å². The van der Waals surface area contributed by atoms with Gasteiger partial charge in [0.2, 0.25) is 0 Å². The summed E-state index contributed by atoms with van der Waals surface area (Å²) in [6.45, 7) is 4.50. The molecule has 2 rings (SSSR count). The molecular formula is C18H27N3. The zero-order valence-electron chi connectivity index (χ0n) is 13.2. The summed E-state index contributed by atoms with van der Waals surface area (Å²) in [5.41, 5.74) is 5.46. The zero-order chi connectivity index (χ0) is 15.1. The smallest absolute Gasteiger partial charge is 0.0704 e. The van der Waals surface area contributed by atoms with Gasteiger partial charge in [-0.1, -0.05) is 44.9 Å². The number of hydrogen-bond acceptors (Lipinski definition) is 3. The summed E-state index contributed by atoms with van der Waals surface area (Å²) in [4.78, 5) is 4.44. The molecular weight excluding hydrogens is 258 g/mol. The molecule has 3 N–H and O–H groups in total. The van der Waals surface area contributed by atoms with E-state index in [-0.39, 0.29) is 0 Å². The monoisotopic (exact) mass is 285 g/mol. The number of hydrazine groups is 1. The summed E-state index contributed by atoms with van der Waals surface area (Å²) in [5.74, 6) is 6.50. The van der Waals surface area contributed by atoms with Crippen molar-refractivity contribution in [3.05, 3.63) is 42.1 Å². The third-order valence-electron chi connectivity index (χ3n) is 4.28. The summed E-state index contributed by atoms with van der Waals surface area (Å²) >= 11 is 0. The van der Waals surface area contributed by atoms with Crippen molar-refractivity contribution in [2.24, 2.45) is 11.8 Å². The van der Waals surface area contributed by atoms with E-state index in [2.05, 4.69) is 48.5 Å². The zero-order valence-corrected chi connectivity index (χ0v) is 13.2. The maximum absolute atomic E-state index is 5.86. The first-order valence-corrected chi connectivity index (χ1v) is 8.08. The fraction of sp³-hybridized carbons (Fsp3) is 0.500. The maximum Gasteiger partial charge on any atom is 0.0704 e. The summed E-state index contributed by atoms with van der Waals surface area (Å²) in [7, 11) is 0. The fourth-order valence-electron chi connectivity index (χ4n) is 3.22. The fourth-order valence-corrected chi connectivity index (χ4v) is 3.22. The normalized spacial score (nSPS) is 13.0. The van der Waals surface area contributed by atoms with Crippen molar-refractivity contribution >= 4 is 10.9 Å². The topological polar surface area (TPSA) is 50.9 Å². The lowest BCUT2D eigenvalue weighted by Crippen LogP contribution is -2.42. The van der Waals surface area contributed by atoms with Gasteiger partial charge >= 0.3 is 0 Å². The van der Waals surface area contributed by atoms with Crippen LogP contribution in [0.25, 0.3) is 10.9 Å². The van der Waals surface area contributed by atoms with Crippen LogP contribution in [0.1, 0.15) is 45.1 Å². The minimum Gasteiger partial charge on any atom is -0.271 e.